The molecule has 1 aliphatic rings. The first-order chi connectivity index (χ1) is 7.79. The Kier molecular flexibility index (Phi) is 3.66. The molecule has 2 rings (SSSR count). The van der Waals surface area contributed by atoms with Crippen LogP contribution in [0, 0.1) is 0 Å². The molecule has 0 saturated heterocycles. The summed E-state index contributed by atoms with van der Waals surface area (Å²) in [6, 6.07) is 4.13. The summed E-state index contributed by atoms with van der Waals surface area (Å²) >= 11 is 1.66. The van der Waals surface area contributed by atoms with E-state index in [0.717, 1.165) is 30.6 Å². The number of guanidine groups is 1. The molecule has 0 atom stereocenters. The molecular weight excluding hydrogens is 220 g/mol. The van der Waals surface area contributed by atoms with Gasteiger partial charge in [0.15, 0.2) is 5.96 Å². The van der Waals surface area contributed by atoms with Crippen molar-refractivity contribution in [2.24, 2.45) is 4.99 Å². The highest BCUT2D eigenvalue weighted by Crippen LogP contribution is 2.12. The van der Waals surface area contributed by atoms with Crippen molar-refractivity contribution in [3.63, 3.8) is 0 Å². The second kappa shape index (κ2) is 5.21. The maximum Gasteiger partial charge on any atom is 0.194 e. The molecule has 0 bridgehead atoms. The average Bonchev–Trinajstić information content (AvgIpc) is 2.72. The molecule has 0 radical (unpaired) electrons. The van der Waals surface area contributed by atoms with Crippen molar-refractivity contribution in [3.05, 3.63) is 23.9 Å². The van der Waals surface area contributed by atoms with Crippen LogP contribution in [0.1, 0.15) is 5.56 Å². The lowest BCUT2D eigenvalue weighted by Gasteiger charge is -2.15. The van der Waals surface area contributed by atoms with E-state index in [-0.39, 0.29) is 0 Å². The molecule has 4 nitrogen and oxygen atoms in total. The van der Waals surface area contributed by atoms with E-state index in [0.29, 0.717) is 0 Å². The molecule has 2 heterocycles. The second-order valence-electron chi connectivity index (χ2n) is 3.69. The van der Waals surface area contributed by atoms with E-state index in [1.807, 2.05) is 18.5 Å². The van der Waals surface area contributed by atoms with Crippen LogP contribution in [0.15, 0.2) is 28.3 Å². The fraction of sp³-hybridized carbons (Fsp3) is 0.455. The SMILES string of the molecule is CSc1cc(CNC2=NCCN2C)ccn1. The maximum absolute atomic E-state index is 4.38. The number of likely N-dealkylation sites (N-methyl/N-ethyl adjacent to an activating group) is 1. The maximum atomic E-state index is 4.38. The van der Waals surface area contributed by atoms with Gasteiger partial charge in [-0.25, -0.2) is 4.98 Å². The largest absolute Gasteiger partial charge is 0.352 e. The molecule has 0 aromatic carbocycles. The summed E-state index contributed by atoms with van der Waals surface area (Å²) in [4.78, 5) is 10.8. The van der Waals surface area contributed by atoms with Crippen molar-refractivity contribution < 1.29 is 0 Å². The molecule has 0 spiro atoms. The van der Waals surface area contributed by atoms with Crippen molar-refractivity contribution >= 4 is 17.7 Å². The Hall–Kier alpha value is -1.23. The molecule has 86 valence electrons. The molecule has 16 heavy (non-hydrogen) atoms. The van der Waals surface area contributed by atoms with Gasteiger partial charge in [0, 0.05) is 26.3 Å². The quantitative estimate of drug-likeness (QED) is 0.801. The second-order valence-corrected chi connectivity index (χ2v) is 4.51. The zero-order valence-corrected chi connectivity index (χ0v) is 10.4. The number of rotatable bonds is 3. The number of aliphatic imine (C=N–C) groups is 1. The van der Waals surface area contributed by atoms with Gasteiger partial charge in [-0.3, -0.25) is 4.99 Å². The molecule has 0 fully saturated rings. The Balaban J connectivity index is 1.94. The van der Waals surface area contributed by atoms with E-state index in [1.165, 1.54) is 5.56 Å². The minimum atomic E-state index is 0.805. The fourth-order valence-corrected chi connectivity index (χ4v) is 2.01. The predicted molar refractivity (Wildman–Crippen MR) is 67.8 cm³/mol. The molecule has 0 amide bonds. The van der Waals surface area contributed by atoms with E-state index < -0.39 is 0 Å². The third kappa shape index (κ3) is 2.66. The fourth-order valence-electron chi connectivity index (χ4n) is 1.58. The summed E-state index contributed by atoms with van der Waals surface area (Å²) < 4.78 is 0. The number of nitrogens with one attached hydrogen (secondary N) is 1. The van der Waals surface area contributed by atoms with Gasteiger partial charge in [-0.05, 0) is 24.0 Å². The first kappa shape index (κ1) is 11.3. The Labute approximate surface area is 100 Å². The van der Waals surface area contributed by atoms with Crippen LogP contribution in [0.3, 0.4) is 0 Å². The minimum absolute atomic E-state index is 0.805. The summed E-state index contributed by atoms with van der Waals surface area (Å²) in [5.41, 5.74) is 1.24. The zero-order valence-electron chi connectivity index (χ0n) is 9.60. The molecule has 0 saturated carbocycles. The van der Waals surface area contributed by atoms with Gasteiger partial charge in [0.1, 0.15) is 0 Å². The Morgan fingerprint density at radius 2 is 2.44 bits per heavy atom. The molecule has 0 aliphatic carbocycles. The Morgan fingerprint density at radius 1 is 1.56 bits per heavy atom. The van der Waals surface area contributed by atoms with Crippen LogP contribution in [-0.2, 0) is 6.54 Å². The van der Waals surface area contributed by atoms with Crippen molar-refractivity contribution in [1.82, 2.24) is 15.2 Å². The van der Waals surface area contributed by atoms with E-state index in [1.54, 1.807) is 11.8 Å². The number of nitrogens with zero attached hydrogens (tertiary/aromatic N) is 3. The van der Waals surface area contributed by atoms with Crippen molar-refractivity contribution in [1.29, 1.82) is 0 Å². The molecular formula is C11H16N4S. The van der Waals surface area contributed by atoms with Gasteiger partial charge in [-0.15, -0.1) is 11.8 Å². The number of thioether (sulfide) groups is 1. The van der Waals surface area contributed by atoms with Crippen LogP contribution < -0.4 is 5.32 Å². The van der Waals surface area contributed by atoms with Crippen LogP contribution in [0.2, 0.25) is 0 Å². The number of hydrogen-bond donors (Lipinski definition) is 1. The van der Waals surface area contributed by atoms with E-state index >= 15 is 0 Å². The highest BCUT2D eigenvalue weighted by atomic mass is 32.2. The average molecular weight is 236 g/mol. The number of pyridine rings is 1. The van der Waals surface area contributed by atoms with Gasteiger partial charge in [-0.1, -0.05) is 0 Å². The first-order valence-corrected chi connectivity index (χ1v) is 6.50. The minimum Gasteiger partial charge on any atom is -0.352 e. The van der Waals surface area contributed by atoms with Gasteiger partial charge in [0.2, 0.25) is 0 Å². The summed E-state index contributed by atoms with van der Waals surface area (Å²) in [7, 11) is 2.05. The molecule has 0 unspecified atom stereocenters. The van der Waals surface area contributed by atoms with E-state index in [4.69, 9.17) is 0 Å². The van der Waals surface area contributed by atoms with Crippen molar-refractivity contribution in [2.45, 2.75) is 11.6 Å². The smallest absolute Gasteiger partial charge is 0.194 e. The van der Waals surface area contributed by atoms with Crippen LogP contribution in [0.5, 0.6) is 0 Å². The van der Waals surface area contributed by atoms with Crippen LogP contribution in [0.25, 0.3) is 0 Å². The van der Waals surface area contributed by atoms with Gasteiger partial charge in [0.05, 0.1) is 11.6 Å². The Bertz CT molecular complexity index is 391. The summed E-state index contributed by atoms with van der Waals surface area (Å²) in [5, 5.41) is 4.39. The molecule has 1 aromatic rings. The highest BCUT2D eigenvalue weighted by molar-refractivity contribution is 7.98. The standard InChI is InChI=1S/C11H16N4S/c1-15-6-5-13-11(15)14-8-9-3-4-12-10(7-9)16-2/h3-4,7H,5-6,8H2,1-2H3,(H,13,14). The monoisotopic (exact) mass is 236 g/mol. The number of hydrogen-bond acceptors (Lipinski definition) is 5. The van der Waals surface area contributed by atoms with Crippen LogP contribution in [0.4, 0.5) is 0 Å². The summed E-state index contributed by atoms with van der Waals surface area (Å²) in [6.07, 6.45) is 3.89. The third-order valence-electron chi connectivity index (χ3n) is 2.52. The lowest BCUT2D eigenvalue weighted by molar-refractivity contribution is 0.534. The van der Waals surface area contributed by atoms with E-state index in [2.05, 4.69) is 33.3 Å². The zero-order chi connectivity index (χ0) is 11.4. The third-order valence-corrected chi connectivity index (χ3v) is 3.16. The van der Waals surface area contributed by atoms with Crippen LogP contribution in [-0.4, -0.2) is 42.2 Å². The van der Waals surface area contributed by atoms with Gasteiger partial charge >= 0.3 is 0 Å². The molecule has 1 N–H and O–H groups in total. The predicted octanol–water partition coefficient (Wildman–Crippen LogP) is 1.19. The lowest BCUT2D eigenvalue weighted by atomic mass is 10.3. The number of aromatic nitrogens is 1. The van der Waals surface area contributed by atoms with Gasteiger partial charge in [0.25, 0.3) is 0 Å². The first-order valence-electron chi connectivity index (χ1n) is 5.28. The van der Waals surface area contributed by atoms with E-state index in [9.17, 15) is 0 Å². The normalized spacial score (nSPS) is 15.1. The van der Waals surface area contributed by atoms with Gasteiger partial charge < -0.3 is 10.2 Å². The highest BCUT2D eigenvalue weighted by Gasteiger charge is 2.11. The summed E-state index contributed by atoms with van der Waals surface area (Å²) in [6.45, 7) is 2.71. The lowest BCUT2D eigenvalue weighted by Crippen LogP contribution is -2.35. The van der Waals surface area contributed by atoms with Crippen molar-refractivity contribution in [3.8, 4) is 0 Å². The topological polar surface area (TPSA) is 40.5 Å². The van der Waals surface area contributed by atoms with Crippen LogP contribution >= 0.6 is 11.8 Å². The summed E-state index contributed by atoms with van der Waals surface area (Å²) in [5.74, 6) is 0.988. The molecule has 1 aromatic heterocycles. The molecule has 5 heteroatoms. The Morgan fingerprint density at radius 3 is 3.12 bits per heavy atom. The van der Waals surface area contributed by atoms with Gasteiger partial charge in [-0.2, -0.15) is 0 Å². The molecule has 1 aliphatic heterocycles. The van der Waals surface area contributed by atoms with Crippen molar-refractivity contribution in [2.75, 3.05) is 26.4 Å².